The summed E-state index contributed by atoms with van der Waals surface area (Å²) < 4.78 is 28.3. The summed E-state index contributed by atoms with van der Waals surface area (Å²) in [7, 11) is -1.90. The van der Waals surface area contributed by atoms with Gasteiger partial charge < -0.3 is 4.57 Å². The molecule has 2 aromatic rings. The fraction of sp³-hybridized carbons (Fsp3) is 0.467. The molecule has 1 aromatic carbocycles. The molecule has 118 valence electrons. The van der Waals surface area contributed by atoms with Crippen LogP contribution < -0.4 is 0 Å². The molecule has 1 atom stereocenters. The van der Waals surface area contributed by atoms with E-state index >= 15 is 0 Å². The molecule has 0 bridgehead atoms. The van der Waals surface area contributed by atoms with Gasteiger partial charge in [-0.2, -0.15) is 4.31 Å². The molecule has 1 aliphatic rings. The van der Waals surface area contributed by atoms with Crippen molar-refractivity contribution in [3.63, 3.8) is 0 Å². The van der Waals surface area contributed by atoms with E-state index in [0.717, 1.165) is 19.3 Å². The Bertz CT molecular complexity index is 727. The number of aromatic nitrogens is 3. The Morgan fingerprint density at radius 1 is 1.27 bits per heavy atom. The van der Waals surface area contributed by atoms with E-state index in [-0.39, 0.29) is 5.16 Å². The quantitative estimate of drug-likeness (QED) is 0.855. The van der Waals surface area contributed by atoms with Gasteiger partial charge in [-0.25, -0.2) is 8.42 Å². The van der Waals surface area contributed by atoms with Gasteiger partial charge in [0, 0.05) is 20.1 Å². The maximum atomic E-state index is 12.7. The average molecular weight is 320 g/mol. The molecule has 6 nitrogen and oxygen atoms in total. The zero-order valence-electron chi connectivity index (χ0n) is 12.6. The first-order valence-corrected chi connectivity index (χ1v) is 8.89. The number of hydrogen-bond acceptors (Lipinski definition) is 4. The van der Waals surface area contributed by atoms with Crippen LogP contribution in [0, 0.1) is 5.92 Å². The summed E-state index contributed by atoms with van der Waals surface area (Å²) in [6, 6.07) is 10.2. The standard InChI is InChI=1S/C15H20N4O2S/c1-18-12-16-17-15(18)22(20,21)19-9-5-8-14(11-19)10-13-6-3-2-4-7-13/h2-4,6-7,12,14H,5,8-11H2,1H3. The van der Waals surface area contributed by atoms with Crippen LogP contribution in [-0.4, -0.2) is 40.6 Å². The monoisotopic (exact) mass is 320 g/mol. The lowest BCUT2D eigenvalue weighted by molar-refractivity contribution is 0.263. The lowest BCUT2D eigenvalue weighted by Gasteiger charge is -2.31. The molecule has 0 aliphatic carbocycles. The Morgan fingerprint density at radius 3 is 2.73 bits per heavy atom. The van der Waals surface area contributed by atoms with Crippen molar-refractivity contribution in [3.05, 3.63) is 42.2 Å². The first kappa shape index (κ1) is 15.2. The fourth-order valence-corrected chi connectivity index (χ4v) is 4.55. The zero-order valence-corrected chi connectivity index (χ0v) is 13.4. The van der Waals surface area contributed by atoms with Crippen LogP contribution in [0.1, 0.15) is 18.4 Å². The van der Waals surface area contributed by atoms with Crippen molar-refractivity contribution >= 4 is 10.0 Å². The summed E-state index contributed by atoms with van der Waals surface area (Å²) >= 11 is 0. The van der Waals surface area contributed by atoms with E-state index in [1.807, 2.05) is 18.2 Å². The fourth-order valence-electron chi connectivity index (χ4n) is 2.98. The maximum absolute atomic E-state index is 12.7. The van der Waals surface area contributed by atoms with Gasteiger partial charge in [0.05, 0.1) is 0 Å². The molecular formula is C15H20N4O2S. The molecule has 1 unspecified atom stereocenters. The lowest BCUT2D eigenvalue weighted by atomic mass is 9.92. The number of piperidine rings is 1. The average Bonchev–Trinajstić information content (AvgIpc) is 2.95. The van der Waals surface area contributed by atoms with E-state index in [4.69, 9.17) is 0 Å². The van der Waals surface area contributed by atoms with Crippen molar-refractivity contribution in [3.8, 4) is 0 Å². The van der Waals surface area contributed by atoms with Crippen LogP contribution in [0.15, 0.2) is 41.8 Å². The van der Waals surface area contributed by atoms with Gasteiger partial charge in [-0.15, -0.1) is 10.2 Å². The van der Waals surface area contributed by atoms with Gasteiger partial charge in [0.15, 0.2) is 0 Å². The molecular weight excluding hydrogens is 300 g/mol. The molecule has 0 N–H and O–H groups in total. The lowest BCUT2D eigenvalue weighted by Crippen LogP contribution is -2.41. The normalized spacial score (nSPS) is 20.1. The minimum Gasteiger partial charge on any atom is -0.306 e. The van der Waals surface area contributed by atoms with Gasteiger partial charge in [0.2, 0.25) is 0 Å². The van der Waals surface area contributed by atoms with E-state index < -0.39 is 10.0 Å². The molecule has 2 heterocycles. The Hall–Kier alpha value is -1.73. The molecule has 0 saturated carbocycles. The second kappa shape index (κ2) is 6.18. The molecule has 0 spiro atoms. The third-order valence-corrected chi connectivity index (χ3v) is 5.93. The minimum atomic E-state index is -3.55. The Kier molecular flexibility index (Phi) is 4.26. The van der Waals surface area contributed by atoms with Crippen LogP contribution in [0.5, 0.6) is 0 Å². The topological polar surface area (TPSA) is 68.1 Å². The second-order valence-corrected chi connectivity index (χ2v) is 7.62. The Balaban J connectivity index is 1.74. The molecule has 0 radical (unpaired) electrons. The van der Waals surface area contributed by atoms with Crippen molar-refractivity contribution in [2.45, 2.75) is 24.4 Å². The highest BCUT2D eigenvalue weighted by Crippen LogP contribution is 2.25. The summed E-state index contributed by atoms with van der Waals surface area (Å²) in [6.07, 6.45) is 4.26. The SMILES string of the molecule is Cn1cnnc1S(=O)(=O)N1CCCC(Cc2ccccc2)C1. The first-order valence-electron chi connectivity index (χ1n) is 7.45. The van der Waals surface area contributed by atoms with Crippen molar-refractivity contribution in [1.82, 2.24) is 19.1 Å². The largest absolute Gasteiger partial charge is 0.306 e. The summed E-state index contributed by atoms with van der Waals surface area (Å²) in [5.41, 5.74) is 1.26. The number of sulfonamides is 1. The number of rotatable bonds is 4. The van der Waals surface area contributed by atoms with Crippen LogP contribution in [0.4, 0.5) is 0 Å². The highest BCUT2D eigenvalue weighted by Gasteiger charge is 2.33. The number of benzene rings is 1. The number of hydrogen-bond donors (Lipinski definition) is 0. The molecule has 3 rings (SSSR count). The third-order valence-electron chi connectivity index (χ3n) is 4.09. The van der Waals surface area contributed by atoms with Crippen LogP contribution in [-0.2, 0) is 23.5 Å². The summed E-state index contributed by atoms with van der Waals surface area (Å²) in [4.78, 5) is 0. The Labute approximate surface area is 130 Å². The van der Waals surface area contributed by atoms with Crippen molar-refractivity contribution in [2.24, 2.45) is 13.0 Å². The minimum absolute atomic E-state index is 0.0212. The molecule has 1 fully saturated rings. The molecule has 1 saturated heterocycles. The van der Waals surface area contributed by atoms with Gasteiger partial charge in [-0.05, 0) is 30.7 Å². The van der Waals surface area contributed by atoms with E-state index in [1.165, 1.54) is 16.5 Å². The van der Waals surface area contributed by atoms with E-state index in [0.29, 0.717) is 19.0 Å². The van der Waals surface area contributed by atoms with Gasteiger partial charge in [-0.1, -0.05) is 30.3 Å². The summed E-state index contributed by atoms with van der Waals surface area (Å²) in [5, 5.41) is 7.45. The number of nitrogens with zero attached hydrogens (tertiary/aromatic N) is 4. The maximum Gasteiger partial charge on any atom is 0.278 e. The van der Waals surface area contributed by atoms with Crippen LogP contribution in [0.3, 0.4) is 0 Å². The van der Waals surface area contributed by atoms with Gasteiger partial charge >= 0.3 is 0 Å². The highest BCUT2D eigenvalue weighted by molar-refractivity contribution is 7.89. The third kappa shape index (κ3) is 3.05. The Morgan fingerprint density at radius 2 is 2.05 bits per heavy atom. The zero-order chi connectivity index (χ0) is 15.6. The molecule has 22 heavy (non-hydrogen) atoms. The van der Waals surface area contributed by atoms with Gasteiger partial charge in [-0.3, -0.25) is 0 Å². The second-order valence-electron chi connectivity index (χ2n) is 5.79. The van der Waals surface area contributed by atoms with E-state index in [9.17, 15) is 8.42 Å². The van der Waals surface area contributed by atoms with Crippen molar-refractivity contribution in [2.75, 3.05) is 13.1 Å². The predicted octanol–water partition coefficient (Wildman–Crippen LogP) is 1.46. The van der Waals surface area contributed by atoms with E-state index in [1.54, 1.807) is 11.4 Å². The molecule has 1 aromatic heterocycles. The van der Waals surface area contributed by atoms with Crippen molar-refractivity contribution < 1.29 is 8.42 Å². The predicted molar refractivity (Wildman–Crippen MR) is 82.6 cm³/mol. The number of aryl methyl sites for hydroxylation is 1. The van der Waals surface area contributed by atoms with Crippen molar-refractivity contribution in [1.29, 1.82) is 0 Å². The van der Waals surface area contributed by atoms with Gasteiger partial charge in [0.1, 0.15) is 6.33 Å². The summed E-state index contributed by atoms with van der Waals surface area (Å²) in [6.45, 7) is 1.10. The highest BCUT2D eigenvalue weighted by atomic mass is 32.2. The van der Waals surface area contributed by atoms with Crippen LogP contribution in [0.25, 0.3) is 0 Å². The molecule has 1 aliphatic heterocycles. The molecule has 7 heteroatoms. The molecule has 0 amide bonds. The van der Waals surface area contributed by atoms with Crippen LogP contribution in [0.2, 0.25) is 0 Å². The first-order chi connectivity index (χ1) is 10.6. The van der Waals surface area contributed by atoms with E-state index in [2.05, 4.69) is 22.3 Å². The van der Waals surface area contributed by atoms with Gasteiger partial charge in [0.25, 0.3) is 15.2 Å². The van der Waals surface area contributed by atoms with Crippen LogP contribution >= 0.6 is 0 Å². The smallest absolute Gasteiger partial charge is 0.278 e. The summed E-state index contributed by atoms with van der Waals surface area (Å²) in [5.74, 6) is 0.346.